The van der Waals surface area contributed by atoms with Crippen molar-refractivity contribution < 1.29 is 14.0 Å². The molecule has 0 aromatic rings. The lowest BCUT2D eigenvalue weighted by atomic mass is 10.1. The fourth-order valence-corrected chi connectivity index (χ4v) is 1.37. The Kier molecular flexibility index (Phi) is 4.24. The van der Waals surface area contributed by atoms with Crippen LogP contribution in [0.3, 0.4) is 0 Å². The van der Waals surface area contributed by atoms with Crippen LogP contribution in [-0.4, -0.2) is 45.2 Å². The van der Waals surface area contributed by atoms with E-state index in [4.69, 9.17) is 0 Å². The monoisotopic (exact) mass is 174 g/mol. The van der Waals surface area contributed by atoms with Gasteiger partial charge in [-0.1, -0.05) is 6.92 Å². The van der Waals surface area contributed by atoms with E-state index in [0.717, 1.165) is 11.0 Å². The number of quaternary nitrogens is 1. The molecule has 0 saturated heterocycles. The third-order valence-corrected chi connectivity index (χ3v) is 1.60. The zero-order chi connectivity index (χ0) is 9.78. The van der Waals surface area contributed by atoms with E-state index in [9.17, 15) is 4.79 Å². The maximum atomic E-state index is 10.9. The fraction of sp³-hybridized carbons (Fsp3) is 0.889. The molecule has 0 N–H and O–H groups in total. The van der Waals surface area contributed by atoms with Crippen LogP contribution in [0.2, 0.25) is 0 Å². The van der Waals surface area contributed by atoms with Crippen LogP contribution in [0.25, 0.3) is 0 Å². The molecule has 0 rings (SSSR count). The van der Waals surface area contributed by atoms with Gasteiger partial charge in [-0.05, 0) is 0 Å². The Morgan fingerprint density at radius 2 is 1.92 bits per heavy atom. The number of carbonyl (C=O) groups is 1. The van der Waals surface area contributed by atoms with E-state index in [1.165, 1.54) is 7.11 Å². The smallest absolute Gasteiger partial charge is 0.306 e. The first-order valence-corrected chi connectivity index (χ1v) is 4.22. The molecule has 0 bridgehead atoms. The normalized spacial score (nSPS) is 14.1. The highest BCUT2D eigenvalue weighted by Gasteiger charge is 2.16. The van der Waals surface area contributed by atoms with Crippen molar-refractivity contribution in [2.45, 2.75) is 13.3 Å². The topological polar surface area (TPSA) is 26.3 Å². The molecule has 0 saturated carbocycles. The van der Waals surface area contributed by atoms with Crippen molar-refractivity contribution in [3.8, 4) is 0 Å². The van der Waals surface area contributed by atoms with E-state index in [0.29, 0.717) is 12.3 Å². The molecule has 1 atom stereocenters. The number of methoxy groups -OCH3 is 1. The molecule has 12 heavy (non-hydrogen) atoms. The van der Waals surface area contributed by atoms with Crippen LogP contribution in [0.1, 0.15) is 13.3 Å². The summed E-state index contributed by atoms with van der Waals surface area (Å²) in [5, 5.41) is 0. The van der Waals surface area contributed by atoms with Crippen molar-refractivity contribution >= 4 is 5.97 Å². The largest absolute Gasteiger partial charge is 0.469 e. The molecule has 0 aliphatic heterocycles. The lowest BCUT2D eigenvalue weighted by molar-refractivity contribution is -0.873. The molecule has 1 unspecified atom stereocenters. The molecule has 0 aliphatic carbocycles. The zero-order valence-corrected chi connectivity index (χ0v) is 8.76. The third-order valence-electron chi connectivity index (χ3n) is 1.60. The Hall–Kier alpha value is -0.570. The number of hydrogen-bond acceptors (Lipinski definition) is 2. The average molecular weight is 174 g/mol. The second-order valence-corrected chi connectivity index (χ2v) is 4.36. The van der Waals surface area contributed by atoms with Crippen molar-refractivity contribution in [1.29, 1.82) is 0 Å². The summed E-state index contributed by atoms with van der Waals surface area (Å²) in [5.41, 5.74) is 0. The molecule has 72 valence electrons. The molecule has 0 radical (unpaired) electrons. The maximum Gasteiger partial charge on any atom is 0.306 e. The highest BCUT2D eigenvalue weighted by molar-refractivity contribution is 5.69. The number of ether oxygens (including phenoxy) is 1. The lowest BCUT2D eigenvalue weighted by Gasteiger charge is -2.26. The summed E-state index contributed by atoms with van der Waals surface area (Å²) in [6, 6.07) is 0. The second-order valence-electron chi connectivity index (χ2n) is 4.36. The highest BCUT2D eigenvalue weighted by Crippen LogP contribution is 2.07. The Bertz CT molecular complexity index is 149. The van der Waals surface area contributed by atoms with E-state index in [1.54, 1.807) is 0 Å². The van der Waals surface area contributed by atoms with Gasteiger partial charge in [0, 0.05) is 5.92 Å². The van der Waals surface area contributed by atoms with Gasteiger partial charge in [-0.3, -0.25) is 4.79 Å². The van der Waals surface area contributed by atoms with Crippen LogP contribution >= 0.6 is 0 Å². The van der Waals surface area contributed by atoms with Crippen LogP contribution < -0.4 is 0 Å². The van der Waals surface area contributed by atoms with Gasteiger partial charge in [0.2, 0.25) is 0 Å². The standard InChI is InChI=1S/C9H20NO2/c1-8(6-9(11)12-5)7-10(2,3)4/h8H,6-7H2,1-5H3/q+1. The minimum atomic E-state index is -0.115. The van der Waals surface area contributed by atoms with E-state index in [1.807, 2.05) is 0 Å². The van der Waals surface area contributed by atoms with Crippen LogP contribution in [0.4, 0.5) is 0 Å². The summed E-state index contributed by atoms with van der Waals surface area (Å²) in [4.78, 5) is 10.9. The number of rotatable bonds is 4. The molecule has 0 fully saturated rings. The van der Waals surface area contributed by atoms with Gasteiger partial charge in [0.05, 0.1) is 41.2 Å². The molecule has 0 aromatic heterocycles. The lowest BCUT2D eigenvalue weighted by Crippen LogP contribution is -2.39. The van der Waals surface area contributed by atoms with Crippen LogP contribution in [0.5, 0.6) is 0 Å². The predicted octanol–water partition coefficient (Wildman–Crippen LogP) is 0.892. The Labute approximate surface area is 74.9 Å². The molecule has 3 heteroatoms. The van der Waals surface area contributed by atoms with Crippen molar-refractivity contribution in [2.24, 2.45) is 5.92 Å². The average Bonchev–Trinajstić information content (AvgIpc) is 1.82. The number of nitrogens with zero attached hydrogens (tertiary/aromatic N) is 1. The summed E-state index contributed by atoms with van der Waals surface area (Å²) in [6.07, 6.45) is 0.520. The van der Waals surface area contributed by atoms with Gasteiger partial charge >= 0.3 is 5.97 Å². The van der Waals surface area contributed by atoms with E-state index in [2.05, 4.69) is 32.8 Å². The molecule has 3 nitrogen and oxygen atoms in total. The first-order valence-electron chi connectivity index (χ1n) is 4.22. The molecule has 0 heterocycles. The summed E-state index contributed by atoms with van der Waals surface area (Å²) in [5.74, 6) is 0.272. The minimum Gasteiger partial charge on any atom is -0.469 e. The van der Waals surface area contributed by atoms with E-state index in [-0.39, 0.29) is 5.97 Å². The summed E-state index contributed by atoms with van der Waals surface area (Å²) in [6.45, 7) is 3.06. The minimum absolute atomic E-state index is 0.115. The van der Waals surface area contributed by atoms with Gasteiger partial charge in [-0.2, -0.15) is 0 Å². The summed E-state index contributed by atoms with van der Waals surface area (Å²) < 4.78 is 5.48. The first-order chi connectivity index (χ1) is 5.35. The van der Waals surface area contributed by atoms with Gasteiger partial charge in [0.15, 0.2) is 0 Å². The molecular weight excluding hydrogens is 154 g/mol. The van der Waals surface area contributed by atoms with Gasteiger partial charge < -0.3 is 9.22 Å². The number of esters is 1. The van der Waals surface area contributed by atoms with Gasteiger partial charge in [-0.15, -0.1) is 0 Å². The van der Waals surface area contributed by atoms with Crippen LogP contribution in [0.15, 0.2) is 0 Å². The van der Waals surface area contributed by atoms with Gasteiger partial charge in [0.25, 0.3) is 0 Å². The fourth-order valence-electron chi connectivity index (χ4n) is 1.37. The van der Waals surface area contributed by atoms with Crippen molar-refractivity contribution in [3.63, 3.8) is 0 Å². The first kappa shape index (κ1) is 11.4. The van der Waals surface area contributed by atoms with Crippen LogP contribution in [-0.2, 0) is 9.53 Å². The van der Waals surface area contributed by atoms with Crippen LogP contribution in [0, 0.1) is 5.92 Å². The molecule has 0 aliphatic rings. The van der Waals surface area contributed by atoms with E-state index >= 15 is 0 Å². The highest BCUT2D eigenvalue weighted by atomic mass is 16.5. The zero-order valence-electron chi connectivity index (χ0n) is 8.76. The maximum absolute atomic E-state index is 10.9. The Morgan fingerprint density at radius 3 is 2.25 bits per heavy atom. The number of carbonyl (C=O) groups excluding carboxylic acids is 1. The summed E-state index contributed by atoms with van der Waals surface area (Å²) >= 11 is 0. The number of hydrogen-bond donors (Lipinski definition) is 0. The van der Waals surface area contributed by atoms with Gasteiger partial charge in [0.1, 0.15) is 0 Å². The Balaban J connectivity index is 3.74. The summed E-state index contributed by atoms with van der Waals surface area (Å²) in [7, 11) is 7.79. The quantitative estimate of drug-likeness (QED) is 0.467. The second kappa shape index (κ2) is 4.45. The predicted molar refractivity (Wildman–Crippen MR) is 48.7 cm³/mol. The van der Waals surface area contributed by atoms with Crippen molar-refractivity contribution in [3.05, 3.63) is 0 Å². The third kappa shape index (κ3) is 6.16. The van der Waals surface area contributed by atoms with Crippen molar-refractivity contribution in [2.75, 3.05) is 34.8 Å². The Morgan fingerprint density at radius 1 is 1.42 bits per heavy atom. The van der Waals surface area contributed by atoms with Crippen molar-refractivity contribution in [1.82, 2.24) is 0 Å². The SMILES string of the molecule is COC(=O)CC(C)C[N+](C)(C)C. The van der Waals surface area contributed by atoms with Gasteiger partial charge in [-0.25, -0.2) is 0 Å². The molecule has 0 aromatic carbocycles. The van der Waals surface area contributed by atoms with E-state index < -0.39 is 0 Å². The molecular formula is C9H20NO2+. The molecule has 0 spiro atoms. The molecule has 0 amide bonds.